The van der Waals surface area contributed by atoms with Gasteiger partial charge in [0, 0.05) is 19.1 Å². The molecular formula is C16H31N3O. The van der Waals surface area contributed by atoms with E-state index in [2.05, 4.69) is 29.4 Å². The van der Waals surface area contributed by atoms with Crippen molar-refractivity contribution >= 4 is 5.91 Å². The number of likely N-dealkylation sites (tertiary alicyclic amines) is 1. The lowest BCUT2D eigenvalue weighted by Crippen LogP contribution is -2.45. The van der Waals surface area contributed by atoms with Gasteiger partial charge >= 0.3 is 0 Å². The van der Waals surface area contributed by atoms with Crippen molar-refractivity contribution < 1.29 is 4.79 Å². The van der Waals surface area contributed by atoms with E-state index >= 15 is 0 Å². The second kappa shape index (κ2) is 7.99. The van der Waals surface area contributed by atoms with Crippen molar-refractivity contribution in [1.82, 2.24) is 15.5 Å². The maximum Gasteiger partial charge on any atom is 0.234 e. The molecule has 20 heavy (non-hydrogen) atoms. The van der Waals surface area contributed by atoms with Crippen molar-refractivity contribution in [2.75, 3.05) is 32.7 Å². The zero-order valence-corrected chi connectivity index (χ0v) is 13.2. The molecule has 2 fully saturated rings. The second-order valence-corrected chi connectivity index (χ2v) is 6.96. The first kappa shape index (κ1) is 15.8. The highest BCUT2D eigenvalue weighted by atomic mass is 16.2. The van der Waals surface area contributed by atoms with E-state index in [1.807, 2.05) is 0 Å². The molecule has 2 rings (SSSR count). The number of nitrogens with one attached hydrogen (secondary N) is 2. The van der Waals surface area contributed by atoms with E-state index in [9.17, 15) is 4.79 Å². The summed E-state index contributed by atoms with van der Waals surface area (Å²) in [4.78, 5) is 14.2. The summed E-state index contributed by atoms with van der Waals surface area (Å²) in [7, 11) is 0. The maximum absolute atomic E-state index is 11.9. The summed E-state index contributed by atoms with van der Waals surface area (Å²) in [5.41, 5.74) is 0. The largest absolute Gasteiger partial charge is 0.355 e. The summed E-state index contributed by atoms with van der Waals surface area (Å²) >= 11 is 0. The van der Waals surface area contributed by atoms with Crippen molar-refractivity contribution in [1.29, 1.82) is 0 Å². The third-order valence-electron chi connectivity index (χ3n) is 4.29. The van der Waals surface area contributed by atoms with Crippen LogP contribution in [0, 0.1) is 11.8 Å². The normalized spacial score (nSPS) is 24.1. The van der Waals surface area contributed by atoms with Crippen LogP contribution in [0.3, 0.4) is 0 Å². The van der Waals surface area contributed by atoms with Gasteiger partial charge in [0.25, 0.3) is 0 Å². The van der Waals surface area contributed by atoms with Gasteiger partial charge in [-0.1, -0.05) is 13.8 Å². The Bertz CT molecular complexity index is 302. The van der Waals surface area contributed by atoms with Crippen molar-refractivity contribution in [2.24, 2.45) is 11.8 Å². The fourth-order valence-corrected chi connectivity index (χ4v) is 2.84. The van der Waals surface area contributed by atoms with Gasteiger partial charge in [-0.05, 0) is 57.0 Å². The minimum Gasteiger partial charge on any atom is -0.355 e. The third-order valence-corrected chi connectivity index (χ3v) is 4.29. The molecule has 0 aromatic rings. The van der Waals surface area contributed by atoms with E-state index < -0.39 is 0 Å². The number of piperidine rings is 1. The Kier molecular flexibility index (Phi) is 6.30. The van der Waals surface area contributed by atoms with Gasteiger partial charge in [0.1, 0.15) is 0 Å². The number of hydrogen-bond acceptors (Lipinski definition) is 3. The van der Waals surface area contributed by atoms with Gasteiger partial charge < -0.3 is 10.6 Å². The lowest BCUT2D eigenvalue weighted by Gasteiger charge is -2.32. The lowest BCUT2D eigenvalue weighted by atomic mass is 9.98. The summed E-state index contributed by atoms with van der Waals surface area (Å²) in [6.45, 7) is 9.07. The second-order valence-electron chi connectivity index (χ2n) is 6.96. The Morgan fingerprint density at radius 1 is 1.30 bits per heavy atom. The Morgan fingerprint density at radius 3 is 2.80 bits per heavy atom. The van der Waals surface area contributed by atoms with Crippen LogP contribution >= 0.6 is 0 Å². The van der Waals surface area contributed by atoms with Gasteiger partial charge in [-0.25, -0.2) is 0 Å². The van der Waals surface area contributed by atoms with Crippen molar-refractivity contribution in [3.8, 4) is 0 Å². The van der Waals surface area contributed by atoms with Crippen molar-refractivity contribution in [2.45, 2.75) is 52.0 Å². The molecule has 1 heterocycles. The predicted octanol–water partition coefficient (Wildman–Crippen LogP) is 1.61. The minimum absolute atomic E-state index is 0.196. The molecule has 1 atom stereocenters. The first-order valence-electron chi connectivity index (χ1n) is 8.36. The molecule has 0 radical (unpaired) electrons. The SMILES string of the molecule is CC(C)CCNC(=O)CN1CCCC(CNC2CC2)C1. The molecule has 0 spiro atoms. The molecule has 0 aromatic carbocycles. The molecule has 0 bridgehead atoms. The van der Waals surface area contributed by atoms with Gasteiger partial charge in [-0.2, -0.15) is 0 Å². The van der Waals surface area contributed by atoms with E-state index in [1.54, 1.807) is 0 Å². The lowest BCUT2D eigenvalue weighted by molar-refractivity contribution is -0.122. The zero-order valence-electron chi connectivity index (χ0n) is 13.2. The van der Waals surface area contributed by atoms with Gasteiger partial charge in [-0.3, -0.25) is 9.69 Å². The van der Waals surface area contributed by atoms with Crippen LogP contribution in [-0.4, -0.2) is 49.6 Å². The minimum atomic E-state index is 0.196. The number of nitrogens with zero attached hydrogens (tertiary/aromatic N) is 1. The summed E-state index contributed by atoms with van der Waals surface area (Å²) < 4.78 is 0. The van der Waals surface area contributed by atoms with Crippen LogP contribution in [0.1, 0.15) is 46.0 Å². The van der Waals surface area contributed by atoms with E-state index in [-0.39, 0.29) is 5.91 Å². The average molecular weight is 281 g/mol. The standard InChI is InChI=1S/C16H31N3O/c1-13(2)7-8-17-16(20)12-19-9-3-4-14(11-19)10-18-15-5-6-15/h13-15,18H,3-12H2,1-2H3,(H,17,20). The Labute approximate surface area is 123 Å². The number of amides is 1. The van der Waals surface area contributed by atoms with Crippen LogP contribution in [0.5, 0.6) is 0 Å². The van der Waals surface area contributed by atoms with E-state index in [0.29, 0.717) is 12.5 Å². The molecule has 1 aliphatic carbocycles. The van der Waals surface area contributed by atoms with E-state index in [4.69, 9.17) is 0 Å². The molecule has 1 saturated heterocycles. The predicted molar refractivity (Wildman–Crippen MR) is 82.7 cm³/mol. The fourth-order valence-electron chi connectivity index (χ4n) is 2.84. The van der Waals surface area contributed by atoms with Crippen LogP contribution in [0.15, 0.2) is 0 Å². The quantitative estimate of drug-likeness (QED) is 0.710. The van der Waals surface area contributed by atoms with Crippen molar-refractivity contribution in [3.05, 3.63) is 0 Å². The summed E-state index contributed by atoms with van der Waals surface area (Å²) in [5.74, 6) is 1.58. The highest BCUT2D eigenvalue weighted by molar-refractivity contribution is 5.77. The number of carbonyl (C=O) groups is 1. The third kappa shape index (κ3) is 6.23. The molecule has 1 unspecified atom stereocenters. The first-order chi connectivity index (χ1) is 9.63. The Balaban J connectivity index is 1.59. The molecule has 0 aromatic heterocycles. The summed E-state index contributed by atoms with van der Waals surface area (Å²) in [5, 5.41) is 6.66. The van der Waals surface area contributed by atoms with Gasteiger partial charge in [0.2, 0.25) is 5.91 Å². The first-order valence-corrected chi connectivity index (χ1v) is 8.36. The topological polar surface area (TPSA) is 44.4 Å². The molecule has 4 heteroatoms. The van der Waals surface area contributed by atoms with Crippen molar-refractivity contribution in [3.63, 3.8) is 0 Å². The molecule has 4 nitrogen and oxygen atoms in total. The number of carbonyl (C=O) groups excluding carboxylic acids is 1. The van der Waals surface area contributed by atoms with Crippen LogP contribution < -0.4 is 10.6 Å². The van der Waals surface area contributed by atoms with Crippen LogP contribution in [0.4, 0.5) is 0 Å². The molecule has 2 N–H and O–H groups in total. The zero-order chi connectivity index (χ0) is 14.4. The monoisotopic (exact) mass is 281 g/mol. The molecule has 116 valence electrons. The van der Waals surface area contributed by atoms with Gasteiger partial charge in [-0.15, -0.1) is 0 Å². The van der Waals surface area contributed by atoms with Gasteiger partial charge in [0.05, 0.1) is 6.54 Å². The molecule has 1 aliphatic heterocycles. The fraction of sp³-hybridized carbons (Fsp3) is 0.938. The maximum atomic E-state index is 11.9. The van der Waals surface area contributed by atoms with Crippen LogP contribution in [0.2, 0.25) is 0 Å². The highest BCUT2D eigenvalue weighted by Crippen LogP contribution is 2.21. The Hall–Kier alpha value is -0.610. The van der Waals surface area contributed by atoms with Crippen LogP contribution in [-0.2, 0) is 4.79 Å². The molecular weight excluding hydrogens is 250 g/mol. The van der Waals surface area contributed by atoms with E-state index in [1.165, 1.54) is 25.7 Å². The number of hydrogen-bond donors (Lipinski definition) is 2. The summed E-state index contributed by atoms with van der Waals surface area (Å²) in [6, 6.07) is 0.796. The van der Waals surface area contributed by atoms with Gasteiger partial charge in [0.15, 0.2) is 0 Å². The molecule has 1 saturated carbocycles. The Morgan fingerprint density at radius 2 is 2.10 bits per heavy atom. The molecule has 1 amide bonds. The summed E-state index contributed by atoms with van der Waals surface area (Å²) in [6.07, 6.45) is 6.32. The highest BCUT2D eigenvalue weighted by Gasteiger charge is 2.25. The van der Waals surface area contributed by atoms with Crippen LogP contribution in [0.25, 0.3) is 0 Å². The average Bonchev–Trinajstić information content (AvgIpc) is 3.20. The number of rotatable bonds is 8. The molecule has 2 aliphatic rings. The smallest absolute Gasteiger partial charge is 0.234 e. The van der Waals surface area contributed by atoms with E-state index in [0.717, 1.165) is 44.6 Å².